The van der Waals surface area contributed by atoms with E-state index in [0.717, 1.165) is 17.7 Å². The molecular formula is C26H19ClF4N4O. The van der Waals surface area contributed by atoms with Gasteiger partial charge in [-0.3, -0.25) is 9.56 Å². The Labute approximate surface area is 209 Å². The number of aliphatic imine (C=N–C) groups is 1. The summed E-state index contributed by atoms with van der Waals surface area (Å²) in [6.07, 6.45) is -3.13. The average Bonchev–Trinajstić information content (AvgIpc) is 3.17. The Morgan fingerprint density at radius 3 is 2.53 bits per heavy atom. The summed E-state index contributed by atoms with van der Waals surface area (Å²) in [6.45, 7) is 3.66. The summed E-state index contributed by atoms with van der Waals surface area (Å²) in [5, 5.41) is -0.594. The molecule has 2 aromatic carbocycles. The number of rotatable bonds is 4. The number of benzene rings is 2. The van der Waals surface area contributed by atoms with E-state index in [-0.39, 0.29) is 29.5 Å². The third-order valence-electron chi connectivity index (χ3n) is 5.84. The Kier molecular flexibility index (Phi) is 6.04. The maximum absolute atomic E-state index is 15.2. The number of aryl methyl sites for hydroxylation is 1. The van der Waals surface area contributed by atoms with Crippen LogP contribution in [0.3, 0.4) is 0 Å². The van der Waals surface area contributed by atoms with Gasteiger partial charge in [-0.05, 0) is 37.6 Å². The second-order valence-corrected chi connectivity index (χ2v) is 8.70. The van der Waals surface area contributed by atoms with E-state index in [1.807, 2.05) is 30.3 Å². The van der Waals surface area contributed by atoms with Crippen molar-refractivity contribution in [3.63, 3.8) is 0 Å². The van der Waals surface area contributed by atoms with Crippen molar-refractivity contribution in [3.05, 3.63) is 106 Å². The van der Waals surface area contributed by atoms with E-state index in [9.17, 15) is 13.2 Å². The third-order valence-corrected chi connectivity index (χ3v) is 6.23. The number of aromatic nitrogens is 3. The van der Waals surface area contributed by atoms with Crippen LogP contribution in [0.2, 0.25) is 5.02 Å². The smallest absolute Gasteiger partial charge is 0.417 e. The monoisotopic (exact) mass is 514 g/mol. The SMILES string of the molecule is Cc1cnc2n1-c1ccc(C(F)(F)F)c(Cl)c1C(c1nc(OCc3ccccc3)ccc1F)=N[C@H]2C. The van der Waals surface area contributed by atoms with Gasteiger partial charge in [0.1, 0.15) is 24.2 Å². The lowest BCUT2D eigenvalue weighted by molar-refractivity contribution is -0.137. The molecule has 5 rings (SSSR count). The first-order chi connectivity index (χ1) is 17.1. The fourth-order valence-electron chi connectivity index (χ4n) is 4.16. The van der Waals surface area contributed by atoms with Crippen molar-refractivity contribution in [2.75, 3.05) is 0 Å². The maximum atomic E-state index is 15.2. The highest BCUT2D eigenvalue weighted by Gasteiger charge is 2.38. The molecule has 36 heavy (non-hydrogen) atoms. The van der Waals surface area contributed by atoms with Crippen molar-refractivity contribution in [2.24, 2.45) is 4.99 Å². The van der Waals surface area contributed by atoms with Gasteiger partial charge in [0, 0.05) is 23.5 Å². The van der Waals surface area contributed by atoms with E-state index >= 15 is 4.39 Å². The summed E-state index contributed by atoms with van der Waals surface area (Å²) < 4.78 is 64.0. The van der Waals surface area contributed by atoms with Crippen LogP contribution < -0.4 is 4.74 Å². The summed E-state index contributed by atoms with van der Waals surface area (Å²) in [5.41, 5.74) is 0.331. The van der Waals surface area contributed by atoms with Gasteiger partial charge < -0.3 is 4.74 Å². The van der Waals surface area contributed by atoms with Crippen molar-refractivity contribution in [3.8, 4) is 11.6 Å². The number of pyridine rings is 1. The minimum Gasteiger partial charge on any atom is -0.473 e. The van der Waals surface area contributed by atoms with Crippen LogP contribution in [0.5, 0.6) is 5.88 Å². The first-order valence-electron chi connectivity index (χ1n) is 11.0. The zero-order valence-electron chi connectivity index (χ0n) is 19.1. The van der Waals surface area contributed by atoms with Gasteiger partial charge >= 0.3 is 6.18 Å². The third kappa shape index (κ3) is 4.24. The van der Waals surface area contributed by atoms with Crippen molar-refractivity contribution in [1.29, 1.82) is 0 Å². The van der Waals surface area contributed by atoms with Crippen LogP contribution in [0.15, 0.2) is 65.8 Å². The van der Waals surface area contributed by atoms with Gasteiger partial charge in [0.15, 0.2) is 5.82 Å². The lowest BCUT2D eigenvalue weighted by Crippen LogP contribution is -2.16. The lowest BCUT2D eigenvalue weighted by atomic mass is 10.00. The van der Waals surface area contributed by atoms with Crippen LogP contribution >= 0.6 is 11.6 Å². The van der Waals surface area contributed by atoms with E-state index in [1.54, 1.807) is 24.6 Å². The predicted octanol–water partition coefficient (Wildman–Crippen LogP) is 6.88. The Balaban J connectivity index is 1.69. The molecule has 4 aromatic rings. The summed E-state index contributed by atoms with van der Waals surface area (Å²) in [6, 6.07) is 13.4. The van der Waals surface area contributed by atoms with Gasteiger partial charge in [-0.15, -0.1) is 0 Å². The van der Waals surface area contributed by atoms with Gasteiger partial charge in [0.25, 0.3) is 0 Å². The highest BCUT2D eigenvalue weighted by molar-refractivity contribution is 6.37. The molecule has 2 aromatic heterocycles. The quantitative estimate of drug-likeness (QED) is 0.279. The number of imidazole rings is 1. The van der Waals surface area contributed by atoms with Crippen LogP contribution in [0.4, 0.5) is 17.6 Å². The largest absolute Gasteiger partial charge is 0.473 e. The Morgan fingerprint density at radius 1 is 1.06 bits per heavy atom. The van der Waals surface area contributed by atoms with Gasteiger partial charge in [0.05, 0.1) is 22.0 Å². The molecule has 1 aliphatic rings. The summed E-state index contributed by atoms with van der Waals surface area (Å²) in [4.78, 5) is 13.2. The Hall–Kier alpha value is -3.72. The Morgan fingerprint density at radius 2 is 1.81 bits per heavy atom. The minimum absolute atomic E-state index is 0.0789. The first kappa shape index (κ1) is 24.0. The molecule has 0 unspecified atom stereocenters. The molecule has 0 saturated carbocycles. The molecule has 184 valence electrons. The van der Waals surface area contributed by atoms with Crippen LogP contribution in [0, 0.1) is 12.7 Å². The second-order valence-electron chi connectivity index (χ2n) is 8.32. The van der Waals surface area contributed by atoms with Crippen LogP contribution in [0.25, 0.3) is 5.69 Å². The van der Waals surface area contributed by atoms with Crippen LogP contribution in [-0.4, -0.2) is 20.2 Å². The predicted molar refractivity (Wildman–Crippen MR) is 127 cm³/mol. The zero-order chi connectivity index (χ0) is 25.6. The number of nitrogens with zero attached hydrogens (tertiary/aromatic N) is 4. The molecule has 0 saturated heterocycles. The number of hydrogen-bond acceptors (Lipinski definition) is 4. The molecule has 1 aliphatic heterocycles. The van der Waals surface area contributed by atoms with Gasteiger partial charge in [-0.2, -0.15) is 13.2 Å². The molecular weight excluding hydrogens is 496 g/mol. The number of alkyl halides is 3. The fraction of sp³-hybridized carbons (Fsp3) is 0.192. The highest BCUT2D eigenvalue weighted by Crippen LogP contribution is 2.42. The molecule has 0 spiro atoms. The van der Waals surface area contributed by atoms with Crippen molar-refractivity contribution >= 4 is 17.3 Å². The van der Waals surface area contributed by atoms with Crippen molar-refractivity contribution in [1.82, 2.24) is 14.5 Å². The molecule has 1 atom stereocenters. The van der Waals surface area contributed by atoms with E-state index in [0.29, 0.717) is 17.2 Å². The molecule has 10 heteroatoms. The molecule has 3 heterocycles. The van der Waals surface area contributed by atoms with Crippen molar-refractivity contribution in [2.45, 2.75) is 32.7 Å². The molecule has 0 bridgehead atoms. The highest BCUT2D eigenvalue weighted by atomic mass is 35.5. The van der Waals surface area contributed by atoms with E-state index in [2.05, 4.69) is 15.0 Å². The van der Waals surface area contributed by atoms with Crippen LogP contribution in [0.1, 0.15) is 46.9 Å². The summed E-state index contributed by atoms with van der Waals surface area (Å²) in [5.74, 6) is -0.200. The fourth-order valence-corrected chi connectivity index (χ4v) is 4.51. The van der Waals surface area contributed by atoms with Crippen molar-refractivity contribution < 1.29 is 22.3 Å². The number of hydrogen-bond donors (Lipinski definition) is 0. The number of fused-ring (bicyclic) bond motifs is 3. The van der Waals surface area contributed by atoms with Gasteiger partial charge in [-0.25, -0.2) is 14.4 Å². The molecule has 0 radical (unpaired) electrons. The van der Waals surface area contributed by atoms with E-state index in [4.69, 9.17) is 16.3 Å². The topological polar surface area (TPSA) is 52.3 Å². The average molecular weight is 515 g/mol. The van der Waals surface area contributed by atoms with E-state index in [1.165, 1.54) is 12.1 Å². The second kappa shape index (κ2) is 9.05. The number of ether oxygens (including phenoxy) is 1. The van der Waals surface area contributed by atoms with E-state index < -0.39 is 28.6 Å². The minimum atomic E-state index is -4.73. The normalized spacial score (nSPS) is 15.1. The molecule has 5 nitrogen and oxygen atoms in total. The standard InChI is InChI=1S/C26H19ClF4N4O/c1-14-12-32-25-15(2)33-24(21-19(35(14)25)10-8-17(22(21)27)26(29,30)31)23-18(28)9-11-20(34-23)36-13-16-6-4-3-5-7-16/h3-12,15H,13H2,1-2H3/t15-/m0/s1. The molecule has 0 N–H and O–H groups in total. The maximum Gasteiger partial charge on any atom is 0.417 e. The lowest BCUT2D eigenvalue weighted by Gasteiger charge is -2.18. The molecule has 0 amide bonds. The summed E-state index contributed by atoms with van der Waals surface area (Å²) in [7, 11) is 0. The molecule has 0 fully saturated rings. The number of halogens is 5. The first-order valence-corrected chi connectivity index (χ1v) is 11.4. The van der Waals surface area contributed by atoms with Gasteiger partial charge in [-0.1, -0.05) is 41.9 Å². The Bertz CT molecular complexity index is 1480. The van der Waals surface area contributed by atoms with Crippen LogP contribution in [-0.2, 0) is 12.8 Å². The van der Waals surface area contributed by atoms with Gasteiger partial charge in [0.2, 0.25) is 5.88 Å². The zero-order valence-corrected chi connectivity index (χ0v) is 19.9. The molecule has 0 aliphatic carbocycles. The summed E-state index contributed by atoms with van der Waals surface area (Å²) >= 11 is 6.38.